The van der Waals surface area contributed by atoms with Crippen LogP contribution in [0, 0.1) is 5.92 Å². The first-order valence-electron chi connectivity index (χ1n) is 12.7. The van der Waals surface area contributed by atoms with Crippen molar-refractivity contribution < 1.29 is 33.3 Å². The SMILES string of the molecule is CC[C@H]1O[C@@H](c2cc(Cc3ccc(C(C)=O)cc3)c(Cl)c3c2CCO3)[C@H](OC(C)=O)[C@@H](OC(C)=O)[C@@H]1C. The Bertz CT molecular complexity index is 1190. The molecule has 0 bridgehead atoms. The van der Waals surface area contributed by atoms with Gasteiger partial charge in [0.05, 0.1) is 17.7 Å². The predicted octanol–water partition coefficient (Wildman–Crippen LogP) is 5.42. The molecule has 8 heteroatoms. The van der Waals surface area contributed by atoms with Crippen molar-refractivity contribution in [1.29, 1.82) is 0 Å². The molecule has 2 aromatic carbocycles. The summed E-state index contributed by atoms with van der Waals surface area (Å²) in [6.07, 6.45) is -0.529. The van der Waals surface area contributed by atoms with Gasteiger partial charge >= 0.3 is 11.9 Å². The van der Waals surface area contributed by atoms with Gasteiger partial charge in [0.15, 0.2) is 11.9 Å². The first kappa shape index (κ1) is 27.1. The van der Waals surface area contributed by atoms with E-state index in [1.807, 2.05) is 32.0 Å². The first-order chi connectivity index (χ1) is 17.6. The van der Waals surface area contributed by atoms with Crippen molar-refractivity contribution in [2.24, 2.45) is 5.92 Å². The first-order valence-corrected chi connectivity index (χ1v) is 13.0. The number of carbonyl (C=O) groups excluding carboxylic acids is 3. The van der Waals surface area contributed by atoms with Crippen LogP contribution in [0.5, 0.6) is 5.75 Å². The molecule has 1 fully saturated rings. The highest BCUT2D eigenvalue weighted by molar-refractivity contribution is 6.33. The number of hydrogen-bond acceptors (Lipinski definition) is 7. The Balaban J connectivity index is 1.79. The van der Waals surface area contributed by atoms with Gasteiger partial charge in [-0.2, -0.15) is 0 Å². The molecule has 0 spiro atoms. The average Bonchev–Trinajstić information content (AvgIpc) is 3.34. The summed E-state index contributed by atoms with van der Waals surface area (Å²) in [5, 5.41) is 0.531. The molecular formula is C29H33ClO7. The molecule has 0 radical (unpaired) electrons. The molecule has 2 aliphatic rings. The Morgan fingerprint density at radius 1 is 1.03 bits per heavy atom. The summed E-state index contributed by atoms with van der Waals surface area (Å²) in [5.41, 5.74) is 4.18. The second-order valence-corrected chi connectivity index (χ2v) is 10.2. The molecule has 0 aromatic heterocycles. The van der Waals surface area contributed by atoms with Gasteiger partial charge in [0.2, 0.25) is 0 Å². The maximum atomic E-state index is 12.2. The van der Waals surface area contributed by atoms with E-state index in [9.17, 15) is 14.4 Å². The molecule has 1 saturated heterocycles. The lowest BCUT2D eigenvalue weighted by atomic mass is 9.82. The number of halogens is 1. The van der Waals surface area contributed by atoms with Crippen LogP contribution in [-0.4, -0.2) is 42.6 Å². The highest BCUT2D eigenvalue weighted by atomic mass is 35.5. The summed E-state index contributed by atoms with van der Waals surface area (Å²) >= 11 is 6.82. The second-order valence-electron chi connectivity index (χ2n) is 9.79. The Morgan fingerprint density at radius 2 is 1.68 bits per heavy atom. The maximum Gasteiger partial charge on any atom is 0.303 e. The van der Waals surface area contributed by atoms with Crippen molar-refractivity contribution in [1.82, 2.24) is 0 Å². The zero-order chi connectivity index (χ0) is 26.9. The summed E-state index contributed by atoms with van der Waals surface area (Å²) in [6, 6.07) is 9.40. The molecule has 0 N–H and O–H groups in total. The fraction of sp³-hybridized carbons (Fsp3) is 0.483. The van der Waals surface area contributed by atoms with E-state index in [4.69, 9.17) is 30.5 Å². The molecule has 0 aliphatic carbocycles. The van der Waals surface area contributed by atoms with Crippen molar-refractivity contribution >= 4 is 29.3 Å². The van der Waals surface area contributed by atoms with Gasteiger partial charge in [-0.15, -0.1) is 0 Å². The molecule has 198 valence electrons. The lowest BCUT2D eigenvalue weighted by Gasteiger charge is -2.45. The van der Waals surface area contributed by atoms with Crippen LogP contribution in [0.2, 0.25) is 5.02 Å². The van der Waals surface area contributed by atoms with Gasteiger partial charge in [-0.05, 0) is 36.5 Å². The molecule has 2 aromatic rings. The van der Waals surface area contributed by atoms with E-state index >= 15 is 0 Å². The summed E-state index contributed by atoms with van der Waals surface area (Å²) in [7, 11) is 0. The number of hydrogen-bond donors (Lipinski definition) is 0. The van der Waals surface area contributed by atoms with Crippen molar-refractivity contribution in [2.75, 3.05) is 6.61 Å². The number of Topliss-reactive ketones (excluding diaryl/α,β-unsaturated/α-hetero) is 1. The van der Waals surface area contributed by atoms with E-state index in [0.717, 1.165) is 22.3 Å². The Kier molecular flexibility index (Phi) is 8.24. The fourth-order valence-electron chi connectivity index (χ4n) is 5.35. The minimum atomic E-state index is -0.826. The van der Waals surface area contributed by atoms with Crippen LogP contribution < -0.4 is 4.74 Å². The fourth-order valence-corrected chi connectivity index (χ4v) is 5.64. The lowest BCUT2D eigenvalue weighted by Crippen LogP contribution is -2.53. The summed E-state index contributed by atoms with van der Waals surface area (Å²) in [5.74, 6) is -0.485. The van der Waals surface area contributed by atoms with E-state index < -0.39 is 30.3 Å². The average molecular weight is 529 g/mol. The number of esters is 2. The summed E-state index contributed by atoms with van der Waals surface area (Å²) in [4.78, 5) is 35.9. The van der Waals surface area contributed by atoms with Gasteiger partial charge in [-0.1, -0.05) is 55.8 Å². The van der Waals surface area contributed by atoms with Gasteiger partial charge in [-0.25, -0.2) is 0 Å². The van der Waals surface area contributed by atoms with E-state index in [-0.39, 0.29) is 17.8 Å². The van der Waals surface area contributed by atoms with Gasteiger partial charge in [0.25, 0.3) is 0 Å². The molecule has 7 nitrogen and oxygen atoms in total. The number of fused-ring (bicyclic) bond motifs is 1. The van der Waals surface area contributed by atoms with Crippen molar-refractivity contribution in [3.05, 3.63) is 63.2 Å². The molecule has 4 rings (SSSR count). The van der Waals surface area contributed by atoms with Crippen LogP contribution in [0.15, 0.2) is 30.3 Å². The van der Waals surface area contributed by atoms with E-state index in [1.165, 1.54) is 20.8 Å². The predicted molar refractivity (Wildman–Crippen MR) is 138 cm³/mol. The maximum absolute atomic E-state index is 12.2. The van der Waals surface area contributed by atoms with E-state index in [1.54, 1.807) is 12.1 Å². The minimum Gasteiger partial charge on any atom is -0.491 e. The van der Waals surface area contributed by atoms with Crippen LogP contribution in [0.1, 0.15) is 79.8 Å². The molecule has 2 aliphatic heterocycles. The standard InChI is InChI=1S/C29H33ClO7/c1-6-24-15(2)26(35-17(4)32)29(36-18(5)33)28(37-24)23-14-21(25(30)27-22(23)11-12-34-27)13-19-7-9-20(10-8-19)16(3)31/h7-10,14-15,24,26,28-29H,6,11-13H2,1-5H3/t15-,24-,26+,28+,29-/m1/s1. The largest absolute Gasteiger partial charge is 0.491 e. The topological polar surface area (TPSA) is 88.1 Å². The third-order valence-corrected chi connectivity index (χ3v) is 7.56. The van der Waals surface area contributed by atoms with Gasteiger partial charge in [0.1, 0.15) is 18.0 Å². The monoisotopic (exact) mass is 528 g/mol. The molecule has 0 saturated carbocycles. The molecule has 37 heavy (non-hydrogen) atoms. The molecule has 2 heterocycles. The highest BCUT2D eigenvalue weighted by Gasteiger charge is 2.49. The third-order valence-electron chi connectivity index (χ3n) is 7.15. The third kappa shape index (κ3) is 5.68. The van der Waals surface area contributed by atoms with Crippen LogP contribution >= 0.6 is 11.6 Å². The van der Waals surface area contributed by atoms with Crippen LogP contribution in [0.25, 0.3) is 0 Å². The van der Waals surface area contributed by atoms with E-state index in [0.29, 0.717) is 42.2 Å². The zero-order valence-electron chi connectivity index (χ0n) is 21.8. The number of ketones is 1. The van der Waals surface area contributed by atoms with Crippen LogP contribution in [0.4, 0.5) is 0 Å². The van der Waals surface area contributed by atoms with Crippen LogP contribution in [0.3, 0.4) is 0 Å². The number of ether oxygens (including phenoxy) is 4. The number of benzene rings is 2. The van der Waals surface area contributed by atoms with Crippen molar-refractivity contribution in [3.8, 4) is 5.75 Å². The number of rotatable bonds is 7. The highest BCUT2D eigenvalue weighted by Crippen LogP contribution is 2.47. The zero-order valence-corrected chi connectivity index (χ0v) is 22.6. The molecule has 5 atom stereocenters. The normalized spacial score (nSPS) is 24.6. The Labute approximate surface area is 222 Å². The lowest BCUT2D eigenvalue weighted by molar-refractivity contribution is -0.225. The summed E-state index contributed by atoms with van der Waals surface area (Å²) < 4.78 is 24.0. The molecule has 0 unspecified atom stereocenters. The van der Waals surface area contributed by atoms with Crippen LogP contribution in [-0.2, 0) is 36.6 Å². The van der Waals surface area contributed by atoms with E-state index in [2.05, 4.69) is 0 Å². The van der Waals surface area contributed by atoms with Crippen molar-refractivity contribution in [2.45, 2.75) is 78.3 Å². The number of carbonyl (C=O) groups is 3. The quantitative estimate of drug-likeness (QED) is 0.350. The molecule has 0 amide bonds. The second kappa shape index (κ2) is 11.2. The Hall–Kier alpha value is -2.90. The molecular weight excluding hydrogens is 496 g/mol. The van der Waals surface area contributed by atoms with Gasteiger partial charge in [-0.3, -0.25) is 14.4 Å². The minimum absolute atomic E-state index is 0.00537. The van der Waals surface area contributed by atoms with Gasteiger partial charge in [0, 0.05) is 37.3 Å². The smallest absolute Gasteiger partial charge is 0.303 e. The Morgan fingerprint density at radius 3 is 2.27 bits per heavy atom. The summed E-state index contributed by atoms with van der Waals surface area (Å²) in [6.45, 7) is 8.66. The van der Waals surface area contributed by atoms with Gasteiger partial charge < -0.3 is 18.9 Å². The van der Waals surface area contributed by atoms with Crippen molar-refractivity contribution in [3.63, 3.8) is 0 Å².